The number of hydrogen-bond acceptors (Lipinski definition) is 4. The summed E-state index contributed by atoms with van der Waals surface area (Å²) < 4.78 is 3.03. The second-order valence-corrected chi connectivity index (χ2v) is 10.1. The van der Waals surface area contributed by atoms with E-state index in [0.29, 0.717) is 10.9 Å². The number of hydrogen-bond donors (Lipinski definition) is 1. The predicted octanol–water partition coefficient (Wildman–Crippen LogP) is 4.39. The summed E-state index contributed by atoms with van der Waals surface area (Å²) in [6.45, 7) is 4.14. The van der Waals surface area contributed by atoms with E-state index < -0.39 is 0 Å². The molecule has 1 saturated heterocycles. The number of nitrogens with one attached hydrogen (secondary N) is 1. The number of halogens is 2. The third-order valence-electron chi connectivity index (χ3n) is 6.29. The van der Waals surface area contributed by atoms with Gasteiger partial charge in [0.15, 0.2) is 5.65 Å². The molecular weight excluding hydrogens is 496 g/mol. The van der Waals surface area contributed by atoms with Crippen molar-refractivity contribution in [2.75, 3.05) is 25.0 Å². The first-order valence-corrected chi connectivity index (χ1v) is 12.5. The maximum Gasteiger partial charge on any atom is 0.151 e. The van der Waals surface area contributed by atoms with Gasteiger partial charge in [0.2, 0.25) is 0 Å². The van der Waals surface area contributed by atoms with Gasteiger partial charge in [-0.3, -0.25) is 4.90 Å². The maximum absolute atomic E-state index is 6.48. The van der Waals surface area contributed by atoms with E-state index in [0.717, 1.165) is 58.8 Å². The van der Waals surface area contributed by atoms with Crippen LogP contribution in [0.3, 0.4) is 0 Å². The van der Waals surface area contributed by atoms with Gasteiger partial charge < -0.3 is 5.32 Å². The van der Waals surface area contributed by atoms with Gasteiger partial charge in [0.25, 0.3) is 0 Å². The molecule has 4 aromatic rings. The van der Waals surface area contributed by atoms with E-state index in [9.17, 15) is 0 Å². The summed E-state index contributed by atoms with van der Waals surface area (Å²) in [7, 11) is 2.04. The minimum absolute atomic E-state index is 0.581. The smallest absolute Gasteiger partial charge is 0.151 e. The summed E-state index contributed by atoms with van der Waals surface area (Å²) in [5.41, 5.74) is 5.06. The van der Waals surface area contributed by atoms with Crippen LogP contribution in [0.15, 0.2) is 65.3 Å². The molecule has 1 unspecified atom stereocenters. The van der Waals surface area contributed by atoms with Gasteiger partial charge in [-0.05, 0) is 54.5 Å². The van der Waals surface area contributed by atoms with Crippen LogP contribution in [0.25, 0.3) is 16.9 Å². The first kappa shape index (κ1) is 22.4. The van der Waals surface area contributed by atoms with E-state index in [4.69, 9.17) is 16.6 Å². The Balaban J connectivity index is 1.32. The van der Waals surface area contributed by atoms with Crippen molar-refractivity contribution in [3.05, 3.63) is 75.9 Å². The molecule has 3 heterocycles. The van der Waals surface area contributed by atoms with Crippen molar-refractivity contribution >= 4 is 52.3 Å². The molecule has 0 saturated carbocycles. The molecule has 0 aliphatic carbocycles. The Morgan fingerprint density at radius 3 is 2.79 bits per heavy atom. The predicted molar refractivity (Wildman–Crippen MR) is 142 cm³/mol. The monoisotopic (exact) mass is 521 g/mol. The SMILES string of the molecule is Bc1cnn2c(NCC3CCCN(Cc4ccc(Br)cc4)C3)cc(-c3ccccc3Cl)nc12. The molecule has 0 amide bonds. The quantitative estimate of drug-likeness (QED) is 0.382. The molecule has 2 aromatic carbocycles. The number of benzene rings is 2. The number of fused-ring (bicyclic) bond motifs is 1. The van der Waals surface area contributed by atoms with Crippen molar-refractivity contribution < 1.29 is 0 Å². The van der Waals surface area contributed by atoms with Crippen LogP contribution in [0.2, 0.25) is 5.02 Å². The summed E-state index contributed by atoms with van der Waals surface area (Å²) >= 11 is 10.00. The molecule has 33 heavy (non-hydrogen) atoms. The van der Waals surface area contributed by atoms with E-state index in [2.05, 4.69) is 61.6 Å². The van der Waals surface area contributed by atoms with Crippen molar-refractivity contribution in [1.29, 1.82) is 0 Å². The molecule has 168 valence electrons. The normalized spacial score (nSPS) is 16.8. The number of anilines is 1. The zero-order valence-corrected chi connectivity index (χ0v) is 21.0. The Bertz CT molecular complexity index is 1260. The van der Waals surface area contributed by atoms with E-state index in [1.165, 1.54) is 18.4 Å². The van der Waals surface area contributed by atoms with Gasteiger partial charge in [0.1, 0.15) is 13.7 Å². The molecule has 8 heteroatoms. The Morgan fingerprint density at radius 1 is 1.15 bits per heavy atom. The van der Waals surface area contributed by atoms with Gasteiger partial charge in [-0.25, -0.2) is 4.98 Å². The molecule has 0 bridgehead atoms. The highest BCUT2D eigenvalue weighted by atomic mass is 79.9. The number of rotatable bonds is 6. The molecule has 5 nitrogen and oxygen atoms in total. The fourth-order valence-corrected chi connectivity index (χ4v) is 5.06. The minimum atomic E-state index is 0.581. The Labute approximate surface area is 208 Å². The van der Waals surface area contributed by atoms with Crippen LogP contribution in [0, 0.1) is 5.92 Å². The van der Waals surface area contributed by atoms with E-state index in [1.54, 1.807) is 0 Å². The van der Waals surface area contributed by atoms with E-state index in [-0.39, 0.29) is 0 Å². The Hall–Kier alpha value is -2.35. The van der Waals surface area contributed by atoms with Crippen LogP contribution >= 0.6 is 27.5 Å². The second kappa shape index (κ2) is 9.88. The molecule has 1 N–H and O–H groups in total. The Kier molecular flexibility index (Phi) is 6.72. The largest absolute Gasteiger partial charge is 0.370 e. The lowest BCUT2D eigenvalue weighted by atomic mass is 9.97. The van der Waals surface area contributed by atoms with Crippen LogP contribution in [-0.4, -0.2) is 47.0 Å². The average molecular weight is 523 g/mol. The zero-order chi connectivity index (χ0) is 22.8. The molecule has 2 aromatic heterocycles. The van der Waals surface area contributed by atoms with Crippen molar-refractivity contribution in [3.8, 4) is 11.3 Å². The first-order chi connectivity index (χ1) is 16.1. The molecule has 5 rings (SSSR count). The highest BCUT2D eigenvalue weighted by Gasteiger charge is 2.21. The molecule has 1 aliphatic heterocycles. The highest BCUT2D eigenvalue weighted by molar-refractivity contribution is 9.10. The van der Waals surface area contributed by atoms with Crippen molar-refractivity contribution in [3.63, 3.8) is 0 Å². The average Bonchev–Trinajstić information content (AvgIpc) is 3.20. The summed E-state index contributed by atoms with van der Waals surface area (Å²) in [4.78, 5) is 7.41. The summed E-state index contributed by atoms with van der Waals surface area (Å²) in [6, 6.07) is 18.6. The number of aromatic nitrogens is 3. The van der Waals surface area contributed by atoms with Gasteiger partial charge in [0, 0.05) is 47.0 Å². The van der Waals surface area contributed by atoms with Gasteiger partial charge in [0.05, 0.1) is 5.69 Å². The third-order valence-corrected chi connectivity index (χ3v) is 7.15. The lowest BCUT2D eigenvalue weighted by Crippen LogP contribution is -2.37. The van der Waals surface area contributed by atoms with Gasteiger partial charge >= 0.3 is 0 Å². The summed E-state index contributed by atoms with van der Waals surface area (Å²) in [5.74, 6) is 1.53. The van der Waals surface area contributed by atoms with Crippen molar-refractivity contribution in [1.82, 2.24) is 19.5 Å². The van der Waals surface area contributed by atoms with Gasteiger partial charge in [-0.1, -0.05) is 57.9 Å². The van der Waals surface area contributed by atoms with E-state index in [1.807, 2.05) is 42.8 Å². The molecular formula is C25H26BBrClN5. The lowest BCUT2D eigenvalue weighted by Gasteiger charge is -2.33. The minimum Gasteiger partial charge on any atom is -0.370 e. The van der Waals surface area contributed by atoms with Gasteiger partial charge in [-0.15, -0.1) is 0 Å². The number of likely N-dealkylation sites (tertiary alicyclic amines) is 1. The number of piperidine rings is 1. The van der Waals surface area contributed by atoms with Gasteiger partial charge in [-0.2, -0.15) is 9.61 Å². The Morgan fingerprint density at radius 2 is 1.97 bits per heavy atom. The second-order valence-electron chi connectivity index (χ2n) is 8.82. The van der Waals surface area contributed by atoms with Crippen molar-refractivity contribution in [2.45, 2.75) is 19.4 Å². The zero-order valence-electron chi connectivity index (χ0n) is 18.6. The standard InChI is InChI=1S/C25H26BBrClN5/c26-21-14-30-33-24(12-23(31-25(21)33)20-5-1-2-6-22(20)28)29-13-18-4-3-11-32(16-18)15-17-7-9-19(27)10-8-17/h1-2,5-10,12,14,18,29H,3-4,11,13,15-16,26H2. The molecule has 0 spiro atoms. The van der Waals surface area contributed by atoms with Crippen LogP contribution in [0.1, 0.15) is 18.4 Å². The molecule has 1 atom stereocenters. The lowest BCUT2D eigenvalue weighted by molar-refractivity contribution is 0.173. The summed E-state index contributed by atoms with van der Waals surface area (Å²) in [6.07, 6.45) is 4.32. The molecule has 0 radical (unpaired) electrons. The number of nitrogens with zero attached hydrogens (tertiary/aromatic N) is 4. The van der Waals surface area contributed by atoms with Crippen LogP contribution in [0.4, 0.5) is 5.82 Å². The molecule has 1 aliphatic rings. The van der Waals surface area contributed by atoms with Crippen LogP contribution in [-0.2, 0) is 6.54 Å². The maximum atomic E-state index is 6.48. The topological polar surface area (TPSA) is 45.5 Å². The highest BCUT2D eigenvalue weighted by Crippen LogP contribution is 2.28. The van der Waals surface area contributed by atoms with Crippen LogP contribution < -0.4 is 10.8 Å². The third kappa shape index (κ3) is 5.10. The molecule has 1 fully saturated rings. The van der Waals surface area contributed by atoms with E-state index >= 15 is 0 Å². The first-order valence-electron chi connectivity index (χ1n) is 11.4. The van der Waals surface area contributed by atoms with Crippen molar-refractivity contribution in [2.24, 2.45) is 5.92 Å². The fourth-order valence-electron chi connectivity index (χ4n) is 4.56. The van der Waals surface area contributed by atoms with Crippen LogP contribution in [0.5, 0.6) is 0 Å². The fraction of sp³-hybridized carbons (Fsp3) is 0.280. The summed E-state index contributed by atoms with van der Waals surface area (Å²) in [5, 5.41) is 8.94.